The quantitative estimate of drug-likeness (QED) is 0.373. The summed E-state index contributed by atoms with van der Waals surface area (Å²) < 4.78 is 38.3. The normalized spacial score (nSPS) is 11.2. The predicted molar refractivity (Wildman–Crippen MR) is 93.4 cm³/mol. The molecule has 0 radical (unpaired) electrons. The van der Waals surface area contributed by atoms with Gasteiger partial charge in [0.05, 0.1) is 21.6 Å². The minimum Gasteiger partial charge on any atom is -0.332 e. The predicted octanol–water partition coefficient (Wildman–Crippen LogP) is 5.04. The fraction of sp³-hybridized carbons (Fsp3) is 0.0588. The molecule has 0 saturated heterocycles. The van der Waals surface area contributed by atoms with E-state index in [1.54, 1.807) is 0 Å². The Labute approximate surface area is 154 Å². The number of rotatable bonds is 5. The lowest BCUT2D eigenvalue weighted by Crippen LogP contribution is -2.05. The fourth-order valence-electron chi connectivity index (χ4n) is 2.29. The third-order valence-corrected chi connectivity index (χ3v) is 4.43. The van der Waals surface area contributed by atoms with E-state index >= 15 is 0 Å². The number of nitro benzene ring substituents is 1. The molecule has 0 fully saturated rings. The Hall–Kier alpha value is -3.27. The number of carbonyl (C=O) groups is 1. The lowest BCUT2D eigenvalue weighted by molar-refractivity contribution is -0.385. The third kappa shape index (κ3) is 4.11. The van der Waals surface area contributed by atoms with Crippen LogP contribution in [0.1, 0.15) is 20.8 Å². The first-order chi connectivity index (χ1) is 12.8. The smallest absolute Gasteiger partial charge is 0.332 e. The maximum absolute atomic E-state index is 12.8. The molecule has 0 unspecified atom stereocenters. The molecular formula is C17H10F3N3O3S. The minimum atomic E-state index is -4.48. The van der Waals surface area contributed by atoms with E-state index in [4.69, 9.17) is 0 Å². The van der Waals surface area contributed by atoms with Gasteiger partial charge in [0, 0.05) is 11.8 Å². The molecule has 0 aliphatic heterocycles. The summed E-state index contributed by atoms with van der Waals surface area (Å²) in [6.07, 6.45) is -3.26. The highest BCUT2D eigenvalue weighted by molar-refractivity contribution is 7.17. The van der Waals surface area contributed by atoms with Crippen molar-refractivity contribution in [2.45, 2.75) is 6.18 Å². The van der Waals surface area contributed by atoms with Gasteiger partial charge in [-0.2, -0.15) is 13.2 Å². The number of alkyl halides is 3. The second-order valence-electron chi connectivity index (χ2n) is 5.34. The first kappa shape index (κ1) is 18.5. The Morgan fingerprint density at radius 1 is 1.15 bits per heavy atom. The van der Waals surface area contributed by atoms with Gasteiger partial charge in [0.1, 0.15) is 5.56 Å². The minimum absolute atomic E-state index is 0.0863. The molecule has 1 aromatic heterocycles. The Bertz CT molecular complexity index is 1020. The summed E-state index contributed by atoms with van der Waals surface area (Å²) in [5.74, 6) is -0.586. The van der Waals surface area contributed by atoms with Gasteiger partial charge in [0.2, 0.25) is 5.78 Å². The summed E-state index contributed by atoms with van der Waals surface area (Å²) in [7, 11) is 0. The first-order valence-electron chi connectivity index (χ1n) is 7.44. The van der Waals surface area contributed by atoms with E-state index in [1.807, 2.05) is 0 Å². The Morgan fingerprint density at radius 2 is 1.89 bits per heavy atom. The van der Waals surface area contributed by atoms with Crippen molar-refractivity contribution in [1.82, 2.24) is 4.98 Å². The second-order valence-corrected chi connectivity index (χ2v) is 6.37. The van der Waals surface area contributed by atoms with Crippen LogP contribution in [-0.4, -0.2) is 15.7 Å². The van der Waals surface area contributed by atoms with Crippen molar-refractivity contribution in [3.8, 4) is 0 Å². The van der Waals surface area contributed by atoms with Crippen LogP contribution in [0.15, 0.2) is 54.7 Å². The highest BCUT2D eigenvalue weighted by Gasteiger charge is 2.30. The molecule has 138 valence electrons. The zero-order chi connectivity index (χ0) is 19.6. The number of carbonyl (C=O) groups excluding carboxylic acids is 1. The summed E-state index contributed by atoms with van der Waals surface area (Å²) >= 11 is 0.889. The Morgan fingerprint density at radius 3 is 2.59 bits per heavy atom. The standard InChI is InChI=1S/C17H10F3N3O3S/c18-17(19,20)10-4-3-5-11(8-10)22-16-21-9-14(27-16)15(24)12-6-1-2-7-13(12)23(25)26/h1-9H,(H,21,22). The summed E-state index contributed by atoms with van der Waals surface area (Å²) in [4.78, 5) is 27.0. The molecule has 10 heteroatoms. The van der Waals surface area contributed by atoms with Crippen LogP contribution < -0.4 is 5.32 Å². The van der Waals surface area contributed by atoms with Crippen molar-refractivity contribution in [3.05, 3.63) is 80.8 Å². The Balaban J connectivity index is 1.84. The molecule has 1 heterocycles. The number of para-hydroxylation sites is 1. The van der Waals surface area contributed by atoms with E-state index in [0.29, 0.717) is 0 Å². The van der Waals surface area contributed by atoms with E-state index < -0.39 is 22.4 Å². The van der Waals surface area contributed by atoms with Crippen molar-refractivity contribution < 1.29 is 22.9 Å². The number of nitrogens with one attached hydrogen (secondary N) is 1. The van der Waals surface area contributed by atoms with Gasteiger partial charge in [-0.1, -0.05) is 29.5 Å². The van der Waals surface area contributed by atoms with E-state index in [1.165, 1.54) is 42.6 Å². The molecule has 0 aliphatic rings. The zero-order valence-electron chi connectivity index (χ0n) is 13.4. The molecule has 3 rings (SSSR count). The summed E-state index contributed by atoms with van der Waals surface area (Å²) in [5.41, 5.74) is -1.08. The lowest BCUT2D eigenvalue weighted by atomic mass is 10.1. The van der Waals surface area contributed by atoms with E-state index in [-0.39, 0.29) is 26.9 Å². The van der Waals surface area contributed by atoms with Crippen LogP contribution in [0.3, 0.4) is 0 Å². The average molecular weight is 393 g/mol. The molecular weight excluding hydrogens is 383 g/mol. The van der Waals surface area contributed by atoms with Crippen LogP contribution in [0, 0.1) is 10.1 Å². The van der Waals surface area contributed by atoms with Crippen molar-refractivity contribution in [2.75, 3.05) is 5.32 Å². The highest BCUT2D eigenvalue weighted by atomic mass is 32.1. The van der Waals surface area contributed by atoms with Gasteiger partial charge in [-0.3, -0.25) is 14.9 Å². The number of thiazole rings is 1. The van der Waals surface area contributed by atoms with Crippen LogP contribution >= 0.6 is 11.3 Å². The second kappa shape index (κ2) is 7.16. The van der Waals surface area contributed by atoms with Gasteiger partial charge < -0.3 is 5.32 Å². The molecule has 27 heavy (non-hydrogen) atoms. The van der Waals surface area contributed by atoms with Crippen LogP contribution in [0.2, 0.25) is 0 Å². The number of anilines is 2. The van der Waals surface area contributed by atoms with Crippen molar-refractivity contribution >= 4 is 33.6 Å². The topological polar surface area (TPSA) is 85.1 Å². The molecule has 0 bridgehead atoms. The zero-order valence-corrected chi connectivity index (χ0v) is 14.2. The van der Waals surface area contributed by atoms with Crippen molar-refractivity contribution in [2.24, 2.45) is 0 Å². The molecule has 0 spiro atoms. The van der Waals surface area contributed by atoms with E-state index in [9.17, 15) is 28.1 Å². The number of aromatic nitrogens is 1. The molecule has 1 N–H and O–H groups in total. The number of hydrogen-bond acceptors (Lipinski definition) is 6. The number of hydrogen-bond donors (Lipinski definition) is 1. The maximum Gasteiger partial charge on any atom is 0.416 e. The van der Waals surface area contributed by atoms with E-state index in [2.05, 4.69) is 10.3 Å². The first-order valence-corrected chi connectivity index (χ1v) is 8.25. The SMILES string of the molecule is O=C(c1cnc(Nc2cccc(C(F)(F)F)c2)s1)c1ccccc1[N+](=O)[O-]. The fourth-order valence-corrected chi connectivity index (χ4v) is 3.08. The largest absolute Gasteiger partial charge is 0.416 e. The van der Waals surface area contributed by atoms with Crippen LogP contribution in [-0.2, 0) is 6.18 Å². The van der Waals surface area contributed by atoms with Crippen molar-refractivity contribution in [3.63, 3.8) is 0 Å². The monoisotopic (exact) mass is 393 g/mol. The van der Waals surface area contributed by atoms with Crippen molar-refractivity contribution in [1.29, 1.82) is 0 Å². The lowest BCUT2D eigenvalue weighted by Gasteiger charge is -2.08. The average Bonchev–Trinajstić information content (AvgIpc) is 3.09. The number of benzene rings is 2. The number of halogens is 3. The van der Waals surface area contributed by atoms with Gasteiger partial charge in [-0.05, 0) is 24.3 Å². The van der Waals surface area contributed by atoms with Crippen LogP contribution in [0.25, 0.3) is 0 Å². The number of nitrogens with zero attached hydrogens (tertiary/aromatic N) is 2. The Kier molecular flexibility index (Phi) is 4.91. The summed E-state index contributed by atoms with van der Waals surface area (Å²) in [6, 6.07) is 10.0. The summed E-state index contributed by atoms with van der Waals surface area (Å²) in [6.45, 7) is 0. The van der Waals surface area contributed by atoms with Crippen LogP contribution in [0.5, 0.6) is 0 Å². The molecule has 0 saturated carbocycles. The van der Waals surface area contributed by atoms with E-state index in [0.717, 1.165) is 23.5 Å². The third-order valence-electron chi connectivity index (χ3n) is 3.52. The molecule has 0 amide bonds. The summed E-state index contributed by atoms with van der Waals surface area (Å²) in [5, 5.41) is 13.9. The molecule has 2 aromatic carbocycles. The van der Waals surface area contributed by atoms with Crippen LogP contribution in [0.4, 0.5) is 29.7 Å². The number of ketones is 1. The van der Waals surface area contributed by atoms with Gasteiger partial charge in [0.15, 0.2) is 5.13 Å². The molecule has 0 aliphatic carbocycles. The highest BCUT2D eigenvalue weighted by Crippen LogP contribution is 2.32. The van der Waals surface area contributed by atoms with Gasteiger partial charge in [0.25, 0.3) is 5.69 Å². The van der Waals surface area contributed by atoms with Gasteiger partial charge in [-0.25, -0.2) is 4.98 Å². The van der Waals surface area contributed by atoms with Gasteiger partial charge >= 0.3 is 6.18 Å². The number of nitro groups is 1. The van der Waals surface area contributed by atoms with Gasteiger partial charge in [-0.15, -0.1) is 0 Å². The maximum atomic E-state index is 12.8. The molecule has 0 atom stereocenters. The molecule has 3 aromatic rings. The molecule has 6 nitrogen and oxygen atoms in total.